The molecular formula is C13H14N2O2S. The maximum Gasteiger partial charge on any atom is 0.255 e. The van der Waals surface area contributed by atoms with Gasteiger partial charge in [-0.1, -0.05) is 6.07 Å². The number of aryl methyl sites for hydroxylation is 2. The Morgan fingerprint density at radius 3 is 2.83 bits per heavy atom. The lowest BCUT2D eigenvalue weighted by atomic mass is 10.1. The van der Waals surface area contributed by atoms with E-state index < -0.39 is 0 Å². The Kier molecular flexibility index (Phi) is 3.62. The number of hydrogen-bond acceptors (Lipinski definition) is 4. The second-order valence-electron chi connectivity index (χ2n) is 4.06. The molecule has 5 heteroatoms. The third kappa shape index (κ3) is 2.87. The molecule has 18 heavy (non-hydrogen) atoms. The van der Waals surface area contributed by atoms with Gasteiger partial charge in [0.15, 0.2) is 0 Å². The maximum absolute atomic E-state index is 11.9. The summed E-state index contributed by atoms with van der Waals surface area (Å²) in [4.78, 5) is 16.1. The molecule has 0 spiro atoms. The number of aromatic nitrogens is 1. The topological polar surface area (TPSA) is 62.2 Å². The summed E-state index contributed by atoms with van der Waals surface area (Å²) < 4.78 is 0. The molecule has 0 unspecified atom stereocenters. The molecule has 4 nitrogen and oxygen atoms in total. The Morgan fingerprint density at radius 1 is 1.44 bits per heavy atom. The van der Waals surface area contributed by atoms with Gasteiger partial charge in [0.2, 0.25) is 0 Å². The van der Waals surface area contributed by atoms with Crippen molar-refractivity contribution >= 4 is 17.2 Å². The van der Waals surface area contributed by atoms with Gasteiger partial charge in [-0.3, -0.25) is 4.79 Å². The average Bonchev–Trinajstić information content (AvgIpc) is 2.72. The fourth-order valence-electron chi connectivity index (χ4n) is 1.59. The highest BCUT2D eigenvalue weighted by molar-refractivity contribution is 7.09. The molecule has 0 aliphatic heterocycles. The number of rotatable bonds is 3. The predicted octanol–water partition coefficient (Wildman–Crippen LogP) is 2.40. The van der Waals surface area contributed by atoms with E-state index in [1.54, 1.807) is 29.5 Å². The van der Waals surface area contributed by atoms with Crippen LogP contribution in [0.1, 0.15) is 26.6 Å². The van der Waals surface area contributed by atoms with Gasteiger partial charge in [-0.15, -0.1) is 11.3 Å². The molecule has 2 aromatic rings. The Bertz CT molecular complexity index is 578. The molecule has 0 fully saturated rings. The van der Waals surface area contributed by atoms with Gasteiger partial charge in [0.1, 0.15) is 5.75 Å². The van der Waals surface area contributed by atoms with Gasteiger partial charge in [0, 0.05) is 5.38 Å². The fraction of sp³-hybridized carbons (Fsp3) is 0.231. The zero-order valence-electron chi connectivity index (χ0n) is 10.2. The number of amides is 1. The number of carbonyl (C=O) groups is 1. The standard InChI is InChI=1S/C13H14N2O2S/c1-8-3-4-11(12(16)5-8)13(17)14-6-10-7-18-9(2)15-10/h3-5,7,16H,6H2,1-2H3,(H,14,17). The van der Waals surface area contributed by atoms with Gasteiger partial charge >= 0.3 is 0 Å². The first-order chi connectivity index (χ1) is 8.56. The molecule has 0 atom stereocenters. The third-order valence-electron chi connectivity index (χ3n) is 2.49. The number of nitrogens with zero attached hydrogens (tertiary/aromatic N) is 1. The van der Waals surface area contributed by atoms with E-state index in [4.69, 9.17) is 0 Å². The van der Waals surface area contributed by atoms with Crippen molar-refractivity contribution in [2.24, 2.45) is 0 Å². The van der Waals surface area contributed by atoms with E-state index in [1.165, 1.54) is 0 Å². The molecule has 2 rings (SSSR count). The van der Waals surface area contributed by atoms with Crippen LogP contribution in [-0.2, 0) is 6.54 Å². The summed E-state index contributed by atoms with van der Waals surface area (Å²) in [6, 6.07) is 4.98. The van der Waals surface area contributed by atoms with E-state index >= 15 is 0 Å². The van der Waals surface area contributed by atoms with Crippen LogP contribution in [0.3, 0.4) is 0 Å². The predicted molar refractivity (Wildman–Crippen MR) is 70.9 cm³/mol. The Labute approximate surface area is 109 Å². The second-order valence-corrected chi connectivity index (χ2v) is 5.12. The SMILES string of the molecule is Cc1ccc(C(=O)NCc2csc(C)n2)c(O)c1. The zero-order valence-corrected chi connectivity index (χ0v) is 11.0. The minimum atomic E-state index is -0.293. The highest BCUT2D eigenvalue weighted by Gasteiger charge is 2.11. The average molecular weight is 262 g/mol. The quantitative estimate of drug-likeness (QED) is 0.892. The molecule has 2 N–H and O–H groups in total. The number of hydrogen-bond donors (Lipinski definition) is 2. The van der Waals surface area contributed by atoms with Crippen LogP contribution in [0.4, 0.5) is 0 Å². The van der Waals surface area contributed by atoms with Gasteiger partial charge in [0.25, 0.3) is 5.91 Å². The van der Waals surface area contributed by atoms with Gasteiger partial charge in [-0.2, -0.15) is 0 Å². The Hall–Kier alpha value is -1.88. The summed E-state index contributed by atoms with van der Waals surface area (Å²) in [5, 5.41) is 15.3. The summed E-state index contributed by atoms with van der Waals surface area (Å²) >= 11 is 1.55. The van der Waals surface area contributed by atoms with Crippen molar-refractivity contribution in [2.45, 2.75) is 20.4 Å². The molecule has 1 amide bonds. The first-order valence-corrected chi connectivity index (χ1v) is 6.43. The number of phenolic OH excluding ortho intramolecular Hbond substituents is 1. The summed E-state index contributed by atoms with van der Waals surface area (Å²) in [7, 11) is 0. The number of benzene rings is 1. The lowest BCUT2D eigenvalue weighted by Crippen LogP contribution is -2.23. The first kappa shape index (κ1) is 12.6. The number of thiazole rings is 1. The Balaban J connectivity index is 2.03. The molecule has 1 aromatic heterocycles. The van der Waals surface area contributed by atoms with Crippen LogP contribution in [0.2, 0.25) is 0 Å². The highest BCUT2D eigenvalue weighted by atomic mass is 32.1. The van der Waals surface area contributed by atoms with E-state index in [2.05, 4.69) is 10.3 Å². The molecule has 0 radical (unpaired) electrons. The van der Waals surface area contributed by atoms with E-state index in [1.807, 2.05) is 19.2 Å². The summed E-state index contributed by atoms with van der Waals surface area (Å²) in [6.45, 7) is 4.15. The molecular weight excluding hydrogens is 248 g/mol. The van der Waals surface area contributed by atoms with Crippen LogP contribution >= 0.6 is 11.3 Å². The van der Waals surface area contributed by atoms with Crippen molar-refractivity contribution in [2.75, 3.05) is 0 Å². The van der Waals surface area contributed by atoms with Crippen molar-refractivity contribution in [3.05, 3.63) is 45.4 Å². The van der Waals surface area contributed by atoms with Crippen molar-refractivity contribution in [3.63, 3.8) is 0 Å². The summed E-state index contributed by atoms with van der Waals surface area (Å²) in [6.07, 6.45) is 0. The Morgan fingerprint density at radius 2 is 2.22 bits per heavy atom. The van der Waals surface area contributed by atoms with Crippen molar-refractivity contribution in [3.8, 4) is 5.75 Å². The van der Waals surface area contributed by atoms with Gasteiger partial charge in [0.05, 0.1) is 22.8 Å². The van der Waals surface area contributed by atoms with E-state index in [9.17, 15) is 9.90 Å². The van der Waals surface area contributed by atoms with Crippen LogP contribution in [0, 0.1) is 13.8 Å². The lowest BCUT2D eigenvalue weighted by Gasteiger charge is -2.06. The van der Waals surface area contributed by atoms with Crippen LogP contribution in [0.15, 0.2) is 23.6 Å². The molecule has 0 aliphatic rings. The molecule has 94 valence electrons. The third-order valence-corrected chi connectivity index (χ3v) is 3.32. The molecule has 0 saturated carbocycles. The number of aromatic hydroxyl groups is 1. The summed E-state index contributed by atoms with van der Waals surface area (Å²) in [5.41, 5.74) is 2.03. The zero-order chi connectivity index (χ0) is 13.1. The van der Waals surface area contributed by atoms with Crippen LogP contribution in [0.25, 0.3) is 0 Å². The second kappa shape index (κ2) is 5.18. The largest absolute Gasteiger partial charge is 0.507 e. The van der Waals surface area contributed by atoms with Crippen molar-refractivity contribution in [1.82, 2.24) is 10.3 Å². The van der Waals surface area contributed by atoms with E-state index in [-0.39, 0.29) is 17.2 Å². The smallest absolute Gasteiger partial charge is 0.255 e. The minimum Gasteiger partial charge on any atom is -0.507 e. The van der Waals surface area contributed by atoms with Gasteiger partial charge in [-0.25, -0.2) is 4.98 Å². The van der Waals surface area contributed by atoms with Gasteiger partial charge in [-0.05, 0) is 31.5 Å². The fourth-order valence-corrected chi connectivity index (χ4v) is 2.20. The molecule has 1 heterocycles. The van der Waals surface area contributed by atoms with Crippen LogP contribution in [-0.4, -0.2) is 16.0 Å². The molecule has 0 saturated heterocycles. The molecule has 0 aliphatic carbocycles. The normalized spacial score (nSPS) is 10.3. The molecule has 1 aromatic carbocycles. The van der Waals surface area contributed by atoms with E-state index in [0.717, 1.165) is 16.3 Å². The number of nitrogens with one attached hydrogen (secondary N) is 1. The van der Waals surface area contributed by atoms with Crippen LogP contribution < -0.4 is 5.32 Å². The minimum absolute atomic E-state index is 0.00181. The molecule has 0 bridgehead atoms. The van der Waals surface area contributed by atoms with Crippen molar-refractivity contribution in [1.29, 1.82) is 0 Å². The van der Waals surface area contributed by atoms with Gasteiger partial charge < -0.3 is 10.4 Å². The van der Waals surface area contributed by atoms with Crippen LogP contribution in [0.5, 0.6) is 5.75 Å². The lowest BCUT2D eigenvalue weighted by molar-refractivity contribution is 0.0948. The first-order valence-electron chi connectivity index (χ1n) is 5.55. The maximum atomic E-state index is 11.9. The number of carbonyl (C=O) groups excluding carboxylic acids is 1. The number of phenols is 1. The summed E-state index contributed by atoms with van der Waals surface area (Å²) in [5.74, 6) is -0.292. The van der Waals surface area contributed by atoms with Crippen molar-refractivity contribution < 1.29 is 9.90 Å². The highest BCUT2D eigenvalue weighted by Crippen LogP contribution is 2.18. The van der Waals surface area contributed by atoms with E-state index in [0.29, 0.717) is 6.54 Å². The monoisotopic (exact) mass is 262 g/mol.